The topological polar surface area (TPSA) is 77.2 Å². The Morgan fingerprint density at radius 1 is 1.27 bits per heavy atom. The van der Waals surface area contributed by atoms with Gasteiger partial charge in [-0.15, -0.1) is 0 Å². The molecule has 0 aliphatic heterocycles. The highest BCUT2D eigenvalue weighted by Gasteiger charge is 2.12. The fourth-order valence-corrected chi connectivity index (χ4v) is 2.77. The van der Waals surface area contributed by atoms with E-state index in [0.717, 1.165) is 16.9 Å². The lowest BCUT2D eigenvalue weighted by atomic mass is 10.1. The molecular weight excluding hydrogens is 354 g/mol. The van der Waals surface area contributed by atoms with Crippen LogP contribution in [0, 0.1) is 6.92 Å². The number of nitrogens with one attached hydrogen (secondary N) is 1. The Morgan fingerprint density at radius 3 is 2.81 bits per heavy atom. The zero-order chi connectivity index (χ0) is 18.5. The summed E-state index contributed by atoms with van der Waals surface area (Å²) in [6.45, 7) is 2.10. The zero-order valence-electron chi connectivity index (χ0n) is 14.5. The van der Waals surface area contributed by atoms with Crippen LogP contribution in [-0.2, 0) is 17.8 Å². The zero-order valence-corrected chi connectivity index (χ0v) is 15.2. The molecule has 0 fully saturated rings. The molecule has 0 spiro atoms. The largest absolute Gasteiger partial charge is 0.496 e. The number of hydrogen-bond acceptors (Lipinski definition) is 5. The molecule has 0 aliphatic rings. The molecule has 0 aliphatic carbocycles. The van der Waals surface area contributed by atoms with Crippen molar-refractivity contribution in [1.82, 2.24) is 15.5 Å². The van der Waals surface area contributed by atoms with Crippen LogP contribution in [0.4, 0.5) is 0 Å². The molecular formula is C19H18ClN3O3. The Kier molecular flexibility index (Phi) is 5.53. The second-order valence-electron chi connectivity index (χ2n) is 5.75. The molecule has 26 heavy (non-hydrogen) atoms. The Hall–Kier alpha value is -2.86. The summed E-state index contributed by atoms with van der Waals surface area (Å²) in [6, 6.07) is 12.9. The molecule has 0 radical (unpaired) electrons. The Balaban J connectivity index is 1.58. The van der Waals surface area contributed by atoms with Gasteiger partial charge in [0.2, 0.25) is 17.6 Å². The molecule has 3 rings (SSSR count). The van der Waals surface area contributed by atoms with E-state index in [1.807, 2.05) is 43.3 Å². The smallest absolute Gasteiger partial charge is 0.246 e. The SMILES string of the molecule is COc1ccc(CC(=O)NCc2nc(-c3ccccc3Cl)no2)cc1C. The highest BCUT2D eigenvalue weighted by molar-refractivity contribution is 6.33. The first-order valence-corrected chi connectivity index (χ1v) is 8.42. The number of aromatic nitrogens is 2. The highest BCUT2D eigenvalue weighted by Crippen LogP contribution is 2.24. The summed E-state index contributed by atoms with van der Waals surface area (Å²) in [5.74, 6) is 1.38. The number of carbonyl (C=O) groups is 1. The van der Waals surface area contributed by atoms with Crippen LogP contribution in [-0.4, -0.2) is 23.2 Å². The highest BCUT2D eigenvalue weighted by atomic mass is 35.5. The van der Waals surface area contributed by atoms with Gasteiger partial charge in [-0.05, 0) is 36.2 Å². The van der Waals surface area contributed by atoms with E-state index in [1.165, 1.54) is 0 Å². The molecule has 1 heterocycles. The van der Waals surface area contributed by atoms with E-state index in [4.69, 9.17) is 20.9 Å². The van der Waals surface area contributed by atoms with Crippen molar-refractivity contribution in [2.75, 3.05) is 7.11 Å². The van der Waals surface area contributed by atoms with Crippen molar-refractivity contribution >= 4 is 17.5 Å². The maximum Gasteiger partial charge on any atom is 0.246 e. The molecule has 2 aromatic carbocycles. The molecule has 7 heteroatoms. The van der Waals surface area contributed by atoms with Crippen molar-refractivity contribution in [1.29, 1.82) is 0 Å². The van der Waals surface area contributed by atoms with Gasteiger partial charge in [-0.2, -0.15) is 4.98 Å². The van der Waals surface area contributed by atoms with Crippen molar-refractivity contribution in [3.05, 3.63) is 64.5 Å². The van der Waals surface area contributed by atoms with E-state index in [2.05, 4.69) is 15.5 Å². The Bertz CT molecular complexity index is 924. The summed E-state index contributed by atoms with van der Waals surface area (Å²) in [6.07, 6.45) is 0.260. The van der Waals surface area contributed by atoms with E-state index in [9.17, 15) is 4.79 Å². The van der Waals surface area contributed by atoms with E-state index in [-0.39, 0.29) is 18.9 Å². The van der Waals surface area contributed by atoms with Crippen LogP contribution in [0.5, 0.6) is 5.75 Å². The van der Waals surface area contributed by atoms with Gasteiger partial charge in [0, 0.05) is 5.56 Å². The summed E-state index contributed by atoms with van der Waals surface area (Å²) in [7, 11) is 1.62. The number of ether oxygens (including phenoxy) is 1. The molecule has 0 unspecified atom stereocenters. The molecule has 0 bridgehead atoms. The third-order valence-corrected chi connectivity index (χ3v) is 4.17. The number of benzene rings is 2. The minimum absolute atomic E-state index is 0.132. The Labute approximate surface area is 156 Å². The van der Waals surface area contributed by atoms with Crippen molar-refractivity contribution in [3.63, 3.8) is 0 Å². The van der Waals surface area contributed by atoms with Crippen LogP contribution >= 0.6 is 11.6 Å². The predicted molar refractivity (Wildman–Crippen MR) is 98.0 cm³/mol. The number of amides is 1. The van der Waals surface area contributed by atoms with Crippen LogP contribution in [0.25, 0.3) is 11.4 Å². The second-order valence-corrected chi connectivity index (χ2v) is 6.16. The van der Waals surface area contributed by atoms with Gasteiger partial charge in [0.1, 0.15) is 5.75 Å². The first-order chi connectivity index (χ1) is 12.6. The minimum Gasteiger partial charge on any atom is -0.496 e. The van der Waals surface area contributed by atoms with Crippen molar-refractivity contribution in [2.45, 2.75) is 19.9 Å². The summed E-state index contributed by atoms with van der Waals surface area (Å²) >= 11 is 6.12. The lowest BCUT2D eigenvalue weighted by Crippen LogP contribution is -2.24. The van der Waals surface area contributed by atoms with Crippen LogP contribution in [0.1, 0.15) is 17.0 Å². The summed E-state index contributed by atoms with van der Waals surface area (Å²) in [5.41, 5.74) is 2.58. The van der Waals surface area contributed by atoms with E-state index in [1.54, 1.807) is 13.2 Å². The van der Waals surface area contributed by atoms with Crippen molar-refractivity contribution < 1.29 is 14.1 Å². The van der Waals surface area contributed by atoms with Crippen molar-refractivity contribution in [3.8, 4) is 17.1 Å². The number of aryl methyl sites for hydroxylation is 1. The number of carbonyl (C=O) groups excluding carboxylic acids is 1. The normalized spacial score (nSPS) is 10.6. The van der Waals surface area contributed by atoms with Gasteiger partial charge >= 0.3 is 0 Å². The van der Waals surface area contributed by atoms with Gasteiger partial charge in [0.25, 0.3) is 0 Å². The van der Waals surface area contributed by atoms with E-state index >= 15 is 0 Å². The monoisotopic (exact) mass is 371 g/mol. The number of methoxy groups -OCH3 is 1. The molecule has 0 atom stereocenters. The van der Waals surface area contributed by atoms with Gasteiger partial charge in [-0.1, -0.05) is 41.0 Å². The number of rotatable bonds is 6. The molecule has 0 saturated heterocycles. The molecule has 1 aromatic heterocycles. The van der Waals surface area contributed by atoms with Crippen LogP contribution in [0.15, 0.2) is 47.0 Å². The second kappa shape index (κ2) is 8.01. The predicted octanol–water partition coefficient (Wildman–Crippen LogP) is 3.57. The van der Waals surface area contributed by atoms with Gasteiger partial charge in [0.15, 0.2) is 0 Å². The lowest BCUT2D eigenvalue weighted by molar-refractivity contribution is -0.120. The third-order valence-electron chi connectivity index (χ3n) is 3.84. The lowest BCUT2D eigenvalue weighted by Gasteiger charge is -2.07. The molecule has 3 aromatic rings. The third kappa shape index (κ3) is 4.21. The fraction of sp³-hybridized carbons (Fsp3) is 0.211. The standard InChI is InChI=1S/C19H18ClN3O3/c1-12-9-13(7-8-16(12)25-2)10-17(24)21-11-18-22-19(23-26-18)14-5-3-4-6-15(14)20/h3-9H,10-11H2,1-2H3,(H,21,24). The average Bonchev–Trinajstić information content (AvgIpc) is 3.09. The Morgan fingerprint density at radius 2 is 2.08 bits per heavy atom. The van der Waals surface area contributed by atoms with E-state index in [0.29, 0.717) is 22.3 Å². The average molecular weight is 372 g/mol. The van der Waals surface area contributed by atoms with Gasteiger partial charge in [-0.3, -0.25) is 4.79 Å². The first kappa shape index (κ1) is 17.9. The summed E-state index contributed by atoms with van der Waals surface area (Å²) in [5, 5.41) is 7.22. The minimum atomic E-state index is -0.132. The molecule has 1 N–H and O–H groups in total. The summed E-state index contributed by atoms with van der Waals surface area (Å²) in [4.78, 5) is 16.4. The number of nitrogens with zero attached hydrogens (tertiary/aromatic N) is 2. The summed E-state index contributed by atoms with van der Waals surface area (Å²) < 4.78 is 10.4. The van der Waals surface area contributed by atoms with Gasteiger partial charge < -0.3 is 14.6 Å². The first-order valence-electron chi connectivity index (χ1n) is 8.04. The fourth-order valence-electron chi connectivity index (χ4n) is 2.55. The van der Waals surface area contributed by atoms with Crippen molar-refractivity contribution in [2.24, 2.45) is 0 Å². The van der Waals surface area contributed by atoms with E-state index < -0.39 is 0 Å². The maximum atomic E-state index is 12.1. The van der Waals surface area contributed by atoms with Crippen LogP contribution < -0.4 is 10.1 Å². The molecule has 0 saturated carbocycles. The quantitative estimate of drug-likeness (QED) is 0.716. The van der Waals surface area contributed by atoms with Crippen LogP contribution in [0.2, 0.25) is 5.02 Å². The number of hydrogen-bond donors (Lipinski definition) is 1. The molecule has 6 nitrogen and oxygen atoms in total. The number of halogens is 1. The van der Waals surface area contributed by atoms with Gasteiger partial charge in [-0.25, -0.2) is 0 Å². The van der Waals surface area contributed by atoms with Crippen LogP contribution in [0.3, 0.4) is 0 Å². The van der Waals surface area contributed by atoms with Gasteiger partial charge in [0.05, 0.1) is 25.1 Å². The maximum absolute atomic E-state index is 12.1. The molecule has 1 amide bonds. The molecule has 134 valence electrons.